The van der Waals surface area contributed by atoms with E-state index in [2.05, 4.69) is 0 Å². The Morgan fingerprint density at radius 1 is 1.69 bits per heavy atom. The Hall–Kier alpha value is -1.08. The Kier molecular flexibility index (Phi) is 5.90. The Morgan fingerprint density at radius 3 is 2.69 bits per heavy atom. The quantitative estimate of drug-likeness (QED) is 0.593. The first-order valence-electron chi connectivity index (χ1n) is 4.35. The minimum atomic E-state index is -0.458. The molecule has 0 aromatic rings. The minimum absolute atomic E-state index is 0.120. The molecule has 0 radical (unpaired) electrons. The number of ether oxygens (including phenoxy) is 1. The minimum Gasteiger partial charge on any atom is -0.372 e. The zero-order valence-corrected chi connectivity index (χ0v) is 8.41. The standard InChI is InChI=1S/C9H16N2O2/c1-4-6-11(7-5-10)9(12)8(2)13-3/h8H,4,6-7H2,1-3H3. The zero-order chi connectivity index (χ0) is 10.3. The van der Waals surface area contributed by atoms with Gasteiger partial charge in [-0.3, -0.25) is 4.79 Å². The van der Waals surface area contributed by atoms with Gasteiger partial charge in [-0.2, -0.15) is 5.26 Å². The topological polar surface area (TPSA) is 53.3 Å². The summed E-state index contributed by atoms with van der Waals surface area (Å²) in [6.45, 7) is 4.40. The molecular weight excluding hydrogens is 168 g/mol. The Bertz CT molecular complexity index is 198. The van der Waals surface area contributed by atoms with Crippen LogP contribution in [0.3, 0.4) is 0 Å². The van der Waals surface area contributed by atoms with E-state index in [9.17, 15) is 4.79 Å². The van der Waals surface area contributed by atoms with Crippen molar-refractivity contribution >= 4 is 5.91 Å². The lowest BCUT2D eigenvalue weighted by Crippen LogP contribution is -2.39. The monoisotopic (exact) mass is 184 g/mol. The highest BCUT2D eigenvalue weighted by atomic mass is 16.5. The number of carbonyl (C=O) groups excluding carboxylic acids is 1. The normalized spacial score (nSPS) is 11.8. The van der Waals surface area contributed by atoms with E-state index >= 15 is 0 Å². The van der Waals surface area contributed by atoms with Crippen LogP contribution in [0.5, 0.6) is 0 Å². The van der Waals surface area contributed by atoms with Crippen LogP contribution >= 0.6 is 0 Å². The predicted octanol–water partition coefficient (Wildman–Crippen LogP) is 0.783. The van der Waals surface area contributed by atoms with Crippen molar-refractivity contribution in [1.82, 2.24) is 4.90 Å². The number of amides is 1. The van der Waals surface area contributed by atoms with Crippen LogP contribution in [-0.2, 0) is 9.53 Å². The molecule has 0 N–H and O–H groups in total. The first-order chi connectivity index (χ1) is 6.17. The lowest BCUT2D eigenvalue weighted by molar-refractivity contribution is -0.140. The molecule has 4 nitrogen and oxygen atoms in total. The maximum absolute atomic E-state index is 11.5. The van der Waals surface area contributed by atoms with E-state index in [0.717, 1.165) is 6.42 Å². The Labute approximate surface area is 79.1 Å². The summed E-state index contributed by atoms with van der Waals surface area (Å²) in [7, 11) is 1.49. The van der Waals surface area contributed by atoms with Gasteiger partial charge in [0.2, 0.25) is 0 Å². The molecule has 0 aromatic carbocycles. The average molecular weight is 184 g/mol. The molecule has 0 aliphatic carbocycles. The molecule has 0 spiro atoms. The van der Waals surface area contributed by atoms with E-state index in [1.165, 1.54) is 12.0 Å². The number of rotatable bonds is 5. The third-order valence-corrected chi connectivity index (χ3v) is 1.77. The van der Waals surface area contributed by atoms with Crippen molar-refractivity contribution in [3.05, 3.63) is 0 Å². The molecule has 0 aliphatic heterocycles. The molecule has 0 aromatic heterocycles. The predicted molar refractivity (Wildman–Crippen MR) is 49.0 cm³/mol. The summed E-state index contributed by atoms with van der Waals surface area (Å²) in [6, 6.07) is 1.96. The van der Waals surface area contributed by atoms with Gasteiger partial charge in [-0.15, -0.1) is 0 Å². The summed E-state index contributed by atoms with van der Waals surface area (Å²) in [4.78, 5) is 13.0. The van der Waals surface area contributed by atoms with Crippen molar-refractivity contribution in [3.8, 4) is 6.07 Å². The molecule has 0 fully saturated rings. The highest BCUT2D eigenvalue weighted by molar-refractivity contribution is 5.80. The molecule has 0 rings (SSSR count). The fraction of sp³-hybridized carbons (Fsp3) is 0.778. The van der Waals surface area contributed by atoms with Gasteiger partial charge >= 0.3 is 0 Å². The zero-order valence-electron chi connectivity index (χ0n) is 8.41. The van der Waals surface area contributed by atoms with Gasteiger partial charge in [0.1, 0.15) is 12.6 Å². The molecule has 13 heavy (non-hydrogen) atoms. The van der Waals surface area contributed by atoms with Crippen LogP contribution in [0, 0.1) is 11.3 Å². The fourth-order valence-electron chi connectivity index (χ4n) is 0.980. The molecule has 0 saturated carbocycles. The number of methoxy groups -OCH3 is 1. The summed E-state index contributed by atoms with van der Waals surface area (Å²) < 4.78 is 4.88. The van der Waals surface area contributed by atoms with Crippen molar-refractivity contribution in [2.24, 2.45) is 0 Å². The molecule has 0 bridgehead atoms. The van der Waals surface area contributed by atoms with E-state index < -0.39 is 6.10 Å². The largest absolute Gasteiger partial charge is 0.372 e. The maximum atomic E-state index is 11.5. The van der Waals surface area contributed by atoms with Crippen LogP contribution in [0.25, 0.3) is 0 Å². The Balaban J connectivity index is 4.19. The smallest absolute Gasteiger partial charge is 0.252 e. The third-order valence-electron chi connectivity index (χ3n) is 1.77. The van der Waals surface area contributed by atoms with Crippen molar-refractivity contribution in [1.29, 1.82) is 5.26 Å². The van der Waals surface area contributed by atoms with Crippen molar-refractivity contribution < 1.29 is 9.53 Å². The fourth-order valence-corrected chi connectivity index (χ4v) is 0.980. The van der Waals surface area contributed by atoms with Crippen LogP contribution in [0.15, 0.2) is 0 Å². The SMILES string of the molecule is CCCN(CC#N)C(=O)C(C)OC. The summed E-state index contributed by atoms with van der Waals surface area (Å²) in [5.41, 5.74) is 0. The van der Waals surface area contributed by atoms with Gasteiger partial charge in [0.15, 0.2) is 0 Å². The van der Waals surface area contributed by atoms with Crippen molar-refractivity contribution in [2.45, 2.75) is 26.4 Å². The number of hydrogen-bond donors (Lipinski definition) is 0. The number of hydrogen-bond acceptors (Lipinski definition) is 3. The molecule has 0 saturated heterocycles. The van der Waals surface area contributed by atoms with Crippen LogP contribution in [0.1, 0.15) is 20.3 Å². The lowest BCUT2D eigenvalue weighted by Gasteiger charge is -2.21. The summed E-state index contributed by atoms with van der Waals surface area (Å²) in [5.74, 6) is -0.120. The third kappa shape index (κ3) is 3.90. The van der Waals surface area contributed by atoms with Gasteiger partial charge in [0, 0.05) is 13.7 Å². The van der Waals surface area contributed by atoms with Crippen molar-refractivity contribution in [3.63, 3.8) is 0 Å². The summed E-state index contributed by atoms with van der Waals surface area (Å²) >= 11 is 0. The second-order valence-corrected chi connectivity index (χ2v) is 2.80. The molecule has 0 aliphatic rings. The molecule has 4 heteroatoms. The second-order valence-electron chi connectivity index (χ2n) is 2.80. The van der Waals surface area contributed by atoms with E-state index in [4.69, 9.17) is 10.00 Å². The number of nitriles is 1. The van der Waals surface area contributed by atoms with E-state index in [1.54, 1.807) is 6.92 Å². The van der Waals surface area contributed by atoms with Crippen LogP contribution in [0.2, 0.25) is 0 Å². The summed E-state index contributed by atoms with van der Waals surface area (Å²) in [5, 5.41) is 8.48. The first kappa shape index (κ1) is 11.9. The molecule has 1 amide bonds. The van der Waals surface area contributed by atoms with Crippen LogP contribution in [-0.4, -0.2) is 37.1 Å². The maximum Gasteiger partial charge on any atom is 0.252 e. The molecule has 1 atom stereocenters. The number of nitrogens with zero attached hydrogens (tertiary/aromatic N) is 2. The first-order valence-corrected chi connectivity index (χ1v) is 4.35. The van der Waals surface area contributed by atoms with Gasteiger partial charge in [0.25, 0.3) is 5.91 Å². The molecule has 74 valence electrons. The van der Waals surface area contributed by atoms with E-state index in [-0.39, 0.29) is 12.5 Å². The van der Waals surface area contributed by atoms with Gasteiger partial charge in [-0.1, -0.05) is 6.92 Å². The lowest BCUT2D eigenvalue weighted by atomic mass is 10.3. The number of carbonyl (C=O) groups is 1. The average Bonchev–Trinajstić information content (AvgIpc) is 2.15. The van der Waals surface area contributed by atoms with Gasteiger partial charge in [0.05, 0.1) is 6.07 Å². The van der Waals surface area contributed by atoms with Gasteiger partial charge < -0.3 is 9.64 Å². The highest BCUT2D eigenvalue weighted by Crippen LogP contribution is 1.99. The second kappa shape index (κ2) is 6.44. The van der Waals surface area contributed by atoms with Gasteiger partial charge in [-0.05, 0) is 13.3 Å². The Morgan fingerprint density at radius 2 is 2.31 bits per heavy atom. The summed E-state index contributed by atoms with van der Waals surface area (Å²) in [6.07, 6.45) is 0.393. The molecular formula is C9H16N2O2. The van der Waals surface area contributed by atoms with E-state index in [0.29, 0.717) is 6.54 Å². The van der Waals surface area contributed by atoms with Gasteiger partial charge in [-0.25, -0.2) is 0 Å². The highest BCUT2D eigenvalue weighted by Gasteiger charge is 2.18. The van der Waals surface area contributed by atoms with E-state index in [1.807, 2.05) is 13.0 Å². The van der Waals surface area contributed by atoms with Crippen LogP contribution in [0.4, 0.5) is 0 Å². The van der Waals surface area contributed by atoms with Crippen LogP contribution < -0.4 is 0 Å². The molecule has 1 unspecified atom stereocenters. The molecule has 0 heterocycles. The van der Waals surface area contributed by atoms with Crippen molar-refractivity contribution in [2.75, 3.05) is 20.2 Å².